The van der Waals surface area contributed by atoms with Crippen molar-refractivity contribution in [3.05, 3.63) is 40.9 Å². The molecule has 0 atom stereocenters. The van der Waals surface area contributed by atoms with Gasteiger partial charge in [-0.1, -0.05) is 35.9 Å². The van der Waals surface area contributed by atoms with Crippen LogP contribution in [0.1, 0.15) is 5.56 Å². The molecule has 0 aliphatic heterocycles. The zero-order chi connectivity index (χ0) is 13.1. The lowest BCUT2D eigenvalue weighted by Crippen LogP contribution is -2.04. The molecule has 94 valence electrons. The maximum Gasteiger partial charge on any atom is 0.309 e. The van der Waals surface area contributed by atoms with Gasteiger partial charge in [-0.05, 0) is 17.0 Å². The maximum absolute atomic E-state index is 11.2. The summed E-state index contributed by atoms with van der Waals surface area (Å²) in [5.74, 6) is 0.388. The highest BCUT2D eigenvalue weighted by molar-refractivity contribution is 6.37. The van der Waals surface area contributed by atoms with Gasteiger partial charge < -0.3 is 9.47 Å². The van der Waals surface area contributed by atoms with Crippen LogP contribution in [0, 0.1) is 0 Å². The fraction of sp³-hybridized carbons (Fsp3) is 0.214. The molecule has 2 aromatic rings. The molecule has 0 spiro atoms. The Balaban J connectivity index is 2.44. The lowest BCUT2D eigenvalue weighted by molar-refractivity contribution is -0.139. The molecule has 18 heavy (non-hydrogen) atoms. The smallest absolute Gasteiger partial charge is 0.309 e. The molecule has 0 amide bonds. The van der Waals surface area contributed by atoms with Gasteiger partial charge in [0, 0.05) is 5.39 Å². The molecule has 3 nitrogen and oxygen atoms in total. The number of hydrogen-bond acceptors (Lipinski definition) is 3. The summed E-state index contributed by atoms with van der Waals surface area (Å²) < 4.78 is 9.80. The Kier molecular flexibility index (Phi) is 3.72. The molecule has 2 aromatic carbocycles. The second kappa shape index (κ2) is 5.27. The average molecular weight is 265 g/mol. The summed E-state index contributed by atoms with van der Waals surface area (Å²) in [4.78, 5) is 11.2. The predicted molar refractivity (Wildman–Crippen MR) is 71.2 cm³/mol. The van der Waals surface area contributed by atoms with Crippen molar-refractivity contribution in [3.63, 3.8) is 0 Å². The van der Waals surface area contributed by atoms with E-state index in [1.165, 1.54) is 7.11 Å². The van der Waals surface area contributed by atoms with Crippen LogP contribution in [0.3, 0.4) is 0 Å². The van der Waals surface area contributed by atoms with Crippen molar-refractivity contribution in [2.75, 3.05) is 14.2 Å². The van der Waals surface area contributed by atoms with E-state index in [0.717, 1.165) is 16.3 Å². The molecular formula is C14H13ClO3. The van der Waals surface area contributed by atoms with Gasteiger partial charge in [0.05, 0.1) is 25.7 Å². The van der Waals surface area contributed by atoms with Crippen molar-refractivity contribution in [1.29, 1.82) is 0 Å². The van der Waals surface area contributed by atoms with Crippen molar-refractivity contribution in [2.24, 2.45) is 0 Å². The topological polar surface area (TPSA) is 35.5 Å². The van der Waals surface area contributed by atoms with Crippen molar-refractivity contribution in [2.45, 2.75) is 6.42 Å². The zero-order valence-corrected chi connectivity index (χ0v) is 11.0. The van der Waals surface area contributed by atoms with Crippen LogP contribution in [0.5, 0.6) is 5.75 Å². The maximum atomic E-state index is 11.2. The molecule has 0 N–H and O–H groups in total. The standard InChI is InChI=1S/C14H13ClO3/c1-17-12-6-4-10-7-9(8-13(16)18-2)3-5-11(10)14(12)15/h3-7H,8H2,1-2H3. The van der Waals surface area contributed by atoms with Gasteiger partial charge in [-0.25, -0.2) is 0 Å². The second-order valence-corrected chi connectivity index (χ2v) is 4.27. The van der Waals surface area contributed by atoms with Gasteiger partial charge in [0.2, 0.25) is 0 Å². The largest absolute Gasteiger partial charge is 0.495 e. The summed E-state index contributed by atoms with van der Waals surface area (Å²) in [6.45, 7) is 0. The van der Waals surface area contributed by atoms with Crippen molar-refractivity contribution in [3.8, 4) is 5.75 Å². The van der Waals surface area contributed by atoms with Crippen LogP contribution in [-0.2, 0) is 16.0 Å². The van der Waals surface area contributed by atoms with Crippen molar-refractivity contribution < 1.29 is 14.3 Å². The Labute approximate surface area is 110 Å². The van der Waals surface area contributed by atoms with Crippen LogP contribution < -0.4 is 4.74 Å². The minimum absolute atomic E-state index is 0.256. The normalized spacial score (nSPS) is 10.4. The first-order chi connectivity index (χ1) is 8.65. The molecule has 0 unspecified atom stereocenters. The number of carbonyl (C=O) groups is 1. The summed E-state index contributed by atoms with van der Waals surface area (Å²) in [7, 11) is 2.96. The Hall–Kier alpha value is -1.74. The molecule has 0 saturated carbocycles. The highest BCUT2D eigenvalue weighted by atomic mass is 35.5. The fourth-order valence-electron chi connectivity index (χ4n) is 1.83. The molecule has 0 aromatic heterocycles. The molecule has 0 aliphatic rings. The van der Waals surface area contributed by atoms with Crippen LogP contribution >= 0.6 is 11.6 Å². The van der Waals surface area contributed by atoms with Crippen LogP contribution in [0.4, 0.5) is 0 Å². The number of benzene rings is 2. The third kappa shape index (κ3) is 2.41. The summed E-state index contributed by atoms with van der Waals surface area (Å²) in [5, 5.41) is 2.46. The average Bonchev–Trinajstić information content (AvgIpc) is 2.39. The number of rotatable bonds is 3. The van der Waals surface area contributed by atoms with E-state index in [1.54, 1.807) is 7.11 Å². The number of hydrogen-bond donors (Lipinski definition) is 0. The van der Waals surface area contributed by atoms with Gasteiger partial charge in [-0.3, -0.25) is 4.79 Å². The molecule has 2 rings (SSSR count). The molecule has 4 heteroatoms. The summed E-state index contributed by atoms with van der Waals surface area (Å²) >= 11 is 6.21. The molecule has 0 bridgehead atoms. The Morgan fingerprint density at radius 1 is 1.22 bits per heavy atom. The minimum atomic E-state index is -0.256. The van der Waals surface area contributed by atoms with E-state index < -0.39 is 0 Å². The number of fused-ring (bicyclic) bond motifs is 1. The van der Waals surface area contributed by atoms with Gasteiger partial charge >= 0.3 is 5.97 Å². The fourth-order valence-corrected chi connectivity index (χ4v) is 2.14. The molecule has 0 radical (unpaired) electrons. The first kappa shape index (κ1) is 12.7. The first-order valence-electron chi connectivity index (χ1n) is 5.47. The molecule has 0 fully saturated rings. The third-order valence-electron chi connectivity index (χ3n) is 2.78. The van der Waals surface area contributed by atoms with Gasteiger partial charge in [0.1, 0.15) is 5.75 Å². The molecule has 0 heterocycles. The van der Waals surface area contributed by atoms with E-state index in [-0.39, 0.29) is 12.4 Å². The lowest BCUT2D eigenvalue weighted by Gasteiger charge is -2.08. The van der Waals surface area contributed by atoms with Crippen molar-refractivity contribution in [1.82, 2.24) is 0 Å². The Bertz CT molecular complexity index is 593. The van der Waals surface area contributed by atoms with Crippen LogP contribution in [0.25, 0.3) is 10.8 Å². The SMILES string of the molecule is COC(=O)Cc1ccc2c(Cl)c(OC)ccc2c1. The number of carbonyl (C=O) groups excluding carboxylic acids is 1. The van der Waals surface area contributed by atoms with Gasteiger partial charge in [0.25, 0.3) is 0 Å². The predicted octanol–water partition coefficient (Wildman–Crippen LogP) is 3.22. The summed E-state index contributed by atoms with van der Waals surface area (Å²) in [5.41, 5.74) is 0.899. The van der Waals surface area contributed by atoms with E-state index in [0.29, 0.717) is 10.8 Å². The highest BCUT2D eigenvalue weighted by Crippen LogP contribution is 2.33. The van der Waals surface area contributed by atoms with E-state index in [1.807, 2.05) is 30.3 Å². The van der Waals surface area contributed by atoms with Crippen LogP contribution in [-0.4, -0.2) is 20.2 Å². The van der Waals surface area contributed by atoms with Crippen LogP contribution in [0.2, 0.25) is 5.02 Å². The molecule has 0 aliphatic carbocycles. The van der Waals surface area contributed by atoms with E-state index in [4.69, 9.17) is 16.3 Å². The van der Waals surface area contributed by atoms with Crippen LogP contribution in [0.15, 0.2) is 30.3 Å². The number of esters is 1. The van der Waals surface area contributed by atoms with Gasteiger partial charge in [-0.2, -0.15) is 0 Å². The zero-order valence-electron chi connectivity index (χ0n) is 10.2. The quantitative estimate of drug-likeness (QED) is 0.799. The Morgan fingerprint density at radius 3 is 2.67 bits per heavy atom. The van der Waals surface area contributed by atoms with Crippen molar-refractivity contribution >= 4 is 28.3 Å². The third-order valence-corrected chi connectivity index (χ3v) is 3.17. The summed E-state index contributed by atoms with van der Waals surface area (Å²) in [6.07, 6.45) is 0.260. The second-order valence-electron chi connectivity index (χ2n) is 3.89. The van der Waals surface area contributed by atoms with E-state index in [2.05, 4.69) is 4.74 Å². The van der Waals surface area contributed by atoms with Gasteiger partial charge in [0.15, 0.2) is 0 Å². The van der Waals surface area contributed by atoms with E-state index >= 15 is 0 Å². The molecular weight excluding hydrogens is 252 g/mol. The van der Waals surface area contributed by atoms with E-state index in [9.17, 15) is 4.79 Å². The monoisotopic (exact) mass is 264 g/mol. The number of methoxy groups -OCH3 is 2. The van der Waals surface area contributed by atoms with Gasteiger partial charge in [-0.15, -0.1) is 0 Å². The summed E-state index contributed by atoms with van der Waals surface area (Å²) in [6, 6.07) is 9.41. The highest BCUT2D eigenvalue weighted by Gasteiger charge is 2.08. The number of halogens is 1. The minimum Gasteiger partial charge on any atom is -0.495 e. The molecule has 0 saturated heterocycles. The first-order valence-corrected chi connectivity index (χ1v) is 5.85. The lowest BCUT2D eigenvalue weighted by atomic mass is 10.0. The Morgan fingerprint density at radius 2 is 2.00 bits per heavy atom. The number of ether oxygens (including phenoxy) is 2.